The zero-order valence-corrected chi connectivity index (χ0v) is 14.5. The Hall–Kier alpha value is -0.770. The molecule has 0 heterocycles. The first-order valence-electron chi connectivity index (χ1n) is 6.76. The molecule has 2 atom stereocenters. The van der Waals surface area contributed by atoms with Gasteiger partial charge in [-0.25, -0.2) is 0 Å². The third kappa shape index (κ3) is 4.11. The van der Waals surface area contributed by atoms with E-state index in [0.29, 0.717) is 11.3 Å². The van der Waals surface area contributed by atoms with Crippen LogP contribution >= 0.6 is 27.7 Å². The van der Waals surface area contributed by atoms with Crippen LogP contribution in [0.1, 0.15) is 24.1 Å². The fourth-order valence-corrected chi connectivity index (χ4v) is 4.03. The second-order valence-electron chi connectivity index (χ2n) is 4.96. The Balaban J connectivity index is 2.13. The minimum atomic E-state index is 0.347. The second kappa shape index (κ2) is 7.30. The zero-order chi connectivity index (χ0) is 14.5. The molecule has 0 bridgehead atoms. The lowest BCUT2D eigenvalue weighted by molar-refractivity contribution is 0.589. The van der Waals surface area contributed by atoms with Crippen molar-refractivity contribution in [1.29, 1.82) is 0 Å². The van der Waals surface area contributed by atoms with E-state index in [1.807, 2.05) is 18.8 Å². The molecular weight excluding hydrogens is 330 g/mol. The molecule has 20 heavy (non-hydrogen) atoms. The van der Waals surface area contributed by atoms with Crippen molar-refractivity contribution in [2.24, 2.45) is 0 Å². The summed E-state index contributed by atoms with van der Waals surface area (Å²) in [4.78, 5) is 1.29. The van der Waals surface area contributed by atoms with Gasteiger partial charge in [-0.05, 0) is 37.7 Å². The van der Waals surface area contributed by atoms with Gasteiger partial charge in [-0.2, -0.15) is 0 Å². The normalized spacial score (nSPS) is 14.0. The van der Waals surface area contributed by atoms with Gasteiger partial charge in [0.25, 0.3) is 0 Å². The highest BCUT2D eigenvalue weighted by atomic mass is 79.9. The van der Waals surface area contributed by atoms with Gasteiger partial charge in [-0.3, -0.25) is 0 Å². The Morgan fingerprint density at radius 1 is 1.10 bits per heavy atom. The summed E-state index contributed by atoms with van der Waals surface area (Å²) < 4.78 is 1.13. The monoisotopic (exact) mass is 349 g/mol. The summed E-state index contributed by atoms with van der Waals surface area (Å²) in [5, 5.41) is 3.90. The molecule has 2 aromatic carbocycles. The van der Waals surface area contributed by atoms with Crippen LogP contribution in [0.5, 0.6) is 0 Å². The lowest BCUT2D eigenvalue weighted by Crippen LogP contribution is -2.25. The first kappa shape index (κ1) is 15.6. The molecule has 3 heteroatoms. The van der Waals surface area contributed by atoms with Crippen LogP contribution in [0, 0.1) is 6.92 Å². The van der Waals surface area contributed by atoms with Crippen LogP contribution in [-0.2, 0) is 0 Å². The summed E-state index contributed by atoms with van der Waals surface area (Å²) in [6.07, 6.45) is 0. The first-order valence-corrected chi connectivity index (χ1v) is 8.43. The van der Waals surface area contributed by atoms with Gasteiger partial charge in [-0.1, -0.05) is 58.7 Å². The fourth-order valence-electron chi connectivity index (χ4n) is 2.27. The van der Waals surface area contributed by atoms with Crippen LogP contribution < -0.4 is 5.32 Å². The Morgan fingerprint density at radius 3 is 2.40 bits per heavy atom. The summed E-state index contributed by atoms with van der Waals surface area (Å²) in [7, 11) is 2.03. The van der Waals surface area contributed by atoms with Crippen molar-refractivity contribution in [2.45, 2.75) is 30.0 Å². The van der Waals surface area contributed by atoms with Crippen molar-refractivity contribution in [3.8, 4) is 0 Å². The molecule has 0 aliphatic heterocycles. The van der Waals surface area contributed by atoms with E-state index in [-0.39, 0.29) is 0 Å². The molecule has 0 aliphatic carbocycles. The molecule has 0 amide bonds. The topological polar surface area (TPSA) is 12.0 Å². The van der Waals surface area contributed by atoms with Gasteiger partial charge >= 0.3 is 0 Å². The van der Waals surface area contributed by atoms with Crippen LogP contribution in [0.4, 0.5) is 0 Å². The van der Waals surface area contributed by atoms with E-state index in [2.05, 4.69) is 83.6 Å². The van der Waals surface area contributed by atoms with Crippen LogP contribution in [0.2, 0.25) is 0 Å². The van der Waals surface area contributed by atoms with Crippen molar-refractivity contribution in [2.75, 3.05) is 7.05 Å². The molecule has 0 aromatic heterocycles. The number of thioether (sulfide) groups is 1. The Kier molecular flexibility index (Phi) is 5.70. The summed E-state index contributed by atoms with van der Waals surface area (Å²) >= 11 is 5.43. The standard InChI is InChI=1S/C17H20BrNS/c1-12-7-9-14(10-8-12)17(19-3)13(2)20-16-6-4-5-15(18)11-16/h4-11,13,17,19H,1-3H3. The summed E-state index contributed by atoms with van der Waals surface area (Å²) in [6.45, 7) is 4.39. The summed E-state index contributed by atoms with van der Waals surface area (Å²) in [5.74, 6) is 0. The van der Waals surface area contributed by atoms with Crippen molar-refractivity contribution in [3.05, 3.63) is 64.1 Å². The van der Waals surface area contributed by atoms with Crippen LogP contribution in [0.25, 0.3) is 0 Å². The highest BCUT2D eigenvalue weighted by Crippen LogP contribution is 2.33. The predicted octanol–water partition coefficient (Wildman–Crippen LogP) is 5.20. The Bertz CT molecular complexity index is 553. The van der Waals surface area contributed by atoms with Gasteiger partial charge in [0.1, 0.15) is 0 Å². The molecule has 0 radical (unpaired) electrons. The quantitative estimate of drug-likeness (QED) is 0.744. The number of halogens is 1. The largest absolute Gasteiger partial charge is 0.312 e. The molecule has 0 fully saturated rings. The first-order chi connectivity index (χ1) is 9.60. The number of nitrogens with one attached hydrogen (secondary N) is 1. The van der Waals surface area contributed by atoms with Crippen LogP contribution in [-0.4, -0.2) is 12.3 Å². The number of aryl methyl sites for hydroxylation is 1. The van der Waals surface area contributed by atoms with E-state index in [1.165, 1.54) is 16.0 Å². The average molecular weight is 350 g/mol. The van der Waals surface area contributed by atoms with Crippen LogP contribution in [0.15, 0.2) is 57.9 Å². The van der Waals surface area contributed by atoms with E-state index < -0.39 is 0 Å². The highest BCUT2D eigenvalue weighted by molar-refractivity contribution is 9.10. The smallest absolute Gasteiger partial charge is 0.0438 e. The van der Waals surface area contributed by atoms with Gasteiger partial charge in [0.05, 0.1) is 0 Å². The molecule has 1 nitrogen and oxygen atoms in total. The lowest BCUT2D eigenvalue weighted by Gasteiger charge is -2.24. The van der Waals surface area contributed by atoms with Crippen molar-refractivity contribution in [1.82, 2.24) is 5.32 Å². The maximum Gasteiger partial charge on any atom is 0.0438 e. The molecule has 106 valence electrons. The third-order valence-corrected chi connectivity index (χ3v) is 5.00. The molecule has 0 saturated carbocycles. The molecule has 0 aliphatic rings. The molecular formula is C17H20BrNS. The van der Waals surface area contributed by atoms with E-state index in [4.69, 9.17) is 0 Å². The molecule has 2 rings (SSSR count). The minimum Gasteiger partial charge on any atom is -0.312 e. The summed E-state index contributed by atoms with van der Waals surface area (Å²) in [6, 6.07) is 17.6. The predicted molar refractivity (Wildman–Crippen MR) is 92.4 cm³/mol. The van der Waals surface area contributed by atoms with Gasteiger partial charge in [-0.15, -0.1) is 11.8 Å². The average Bonchev–Trinajstić information content (AvgIpc) is 2.42. The number of benzene rings is 2. The van der Waals surface area contributed by atoms with Crippen LogP contribution in [0.3, 0.4) is 0 Å². The van der Waals surface area contributed by atoms with Gasteiger partial charge in [0, 0.05) is 20.7 Å². The minimum absolute atomic E-state index is 0.347. The molecule has 0 saturated heterocycles. The van der Waals surface area contributed by atoms with E-state index >= 15 is 0 Å². The maximum absolute atomic E-state index is 3.53. The molecule has 2 aromatic rings. The third-order valence-electron chi connectivity index (χ3n) is 3.33. The highest BCUT2D eigenvalue weighted by Gasteiger charge is 2.18. The van der Waals surface area contributed by atoms with Crippen molar-refractivity contribution in [3.63, 3.8) is 0 Å². The second-order valence-corrected chi connectivity index (χ2v) is 7.32. The number of hydrogen-bond donors (Lipinski definition) is 1. The van der Waals surface area contributed by atoms with Crippen molar-refractivity contribution < 1.29 is 0 Å². The Morgan fingerprint density at radius 2 is 1.80 bits per heavy atom. The fraction of sp³-hybridized carbons (Fsp3) is 0.294. The maximum atomic E-state index is 3.53. The SMILES string of the molecule is CNC(c1ccc(C)cc1)C(C)Sc1cccc(Br)c1. The van der Waals surface area contributed by atoms with Gasteiger partial charge in [0.15, 0.2) is 0 Å². The number of rotatable bonds is 5. The van der Waals surface area contributed by atoms with E-state index in [0.717, 1.165) is 4.47 Å². The van der Waals surface area contributed by atoms with Gasteiger partial charge < -0.3 is 5.32 Å². The van der Waals surface area contributed by atoms with E-state index in [1.54, 1.807) is 0 Å². The molecule has 1 N–H and O–H groups in total. The zero-order valence-electron chi connectivity index (χ0n) is 12.1. The molecule has 0 spiro atoms. The lowest BCUT2D eigenvalue weighted by atomic mass is 10.0. The number of hydrogen-bond acceptors (Lipinski definition) is 2. The molecule has 2 unspecified atom stereocenters. The van der Waals surface area contributed by atoms with E-state index in [9.17, 15) is 0 Å². The summed E-state index contributed by atoms with van der Waals surface area (Å²) in [5.41, 5.74) is 2.64. The van der Waals surface area contributed by atoms with Crippen molar-refractivity contribution >= 4 is 27.7 Å². The Labute approximate surface area is 134 Å². The van der Waals surface area contributed by atoms with Gasteiger partial charge in [0.2, 0.25) is 0 Å².